The van der Waals surface area contributed by atoms with Crippen molar-refractivity contribution < 1.29 is 9.53 Å². The summed E-state index contributed by atoms with van der Waals surface area (Å²) in [6, 6.07) is 7.92. The molecular weight excluding hydrogens is 214 g/mol. The first kappa shape index (κ1) is 13.6. The molecule has 1 rings (SSSR count). The van der Waals surface area contributed by atoms with Crippen molar-refractivity contribution in [2.24, 2.45) is 0 Å². The number of likely N-dealkylation sites (N-methyl/N-ethyl adjacent to an activating group) is 1. The van der Waals surface area contributed by atoms with Gasteiger partial charge in [-0.25, -0.2) is 0 Å². The molecule has 0 N–H and O–H groups in total. The van der Waals surface area contributed by atoms with Gasteiger partial charge in [-0.2, -0.15) is 0 Å². The number of nitrogens with zero attached hydrogens (tertiary/aromatic N) is 1. The zero-order valence-electron chi connectivity index (χ0n) is 11.1. The van der Waals surface area contributed by atoms with Gasteiger partial charge in [0.25, 0.3) is 0 Å². The van der Waals surface area contributed by atoms with Gasteiger partial charge < -0.3 is 9.64 Å². The monoisotopic (exact) mass is 235 g/mol. The first-order valence-corrected chi connectivity index (χ1v) is 5.97. The van der Waals surface area contributed by atoms with Gasteiger partial charge in [-0.15, -0.1) is 0 Å². The number of benzene rings is 1. The average molecular weight is 235 g/mol. The van der Waals surface area contributed by atoms with Crippen molar-refractivity contribution in [2.75, 3.05) is 14.2 Å². The van der Waals surface area contributed by atoms with Crippen LogP contribution in [0.5, 0.6) is 5.75 Å². The number of carbonyl (C=O) groups is 1. The lowest BCUT2D eigenvalue weighted by Crippen LogP contribution is -2.35. The largest absolute Gasteiger partial charge is 0.497 e. The maximum Gasteiger partial charge on any atom is 0.226 e. The topological polar surface area (TPSA) is 29.5 Å². The molecule has 0 aliphatic rings. The minimum atomic E-state index is 0.157. The summed E-state index contributed by atoms with van der Waals surface area (Å²) in [5.41, 5.74) is 1.02. The van der Waals surface area contributed by atoms with Gasteiger partial charge in [-0.05, 0) is 31.0 Å². The lowest BCUT2D eigenvalue weighted by molar-refractivity contribution is -0.130. The molecule has 94 valence electrons. The Morgan fingerprint density at radius 3 is 2.41 bits per heavy atom. The summed E-state index contributed by atoms with van der Waals surface area (Å²) in [6.07, 6.45) is 1.43. The van der Waals surface area contributed by atoms with Crippen LogP contribution in [-0.2, 0) is 11.2 Å². The standard InChI is InChI=1S/C14H21NO2/c1-5-11(2)15(3)14(16)10-12-6-8-13(17-4)9-7-12/h6-9,11H,5,10H2,1-4H3. The highest BCUT2D eigenvalue weighted by Crippen LogP contribution is 2.13. The molecule has 1 amide bonds. The maximum absolute atomic E-state index is 12.0. The highest BCUT2D eigenvalue weighted by Gasteiger charge is 2.14. The Morgan fingerprint density at radius 1 is 1.35 bits per heavy atom. The van der Waals surface area contributed by atoms with Gasteiger partial charge >= 0.3 is 0 Å². The SMILES string of the molecule is CCC(C)N(C)C(=O)Cc1ccc(OC)cc1. The first-order chi connectivity index (χ1) is 8.08. The number of hydrogen-bond acceptors (Lipinski definition) is 2. The number of amides is 1. The molecule has 0 aliphatic carbocycles. The summed E-state index contributed by atoms with van der Waals surface area (Å²) in [5, 5.41) is 0. The molecule has 3 nitrogen and oxygen atoms in total. The summed E-state index contributed by atoms with van der Waals surface area (Å²) in [7, 11) is 3.50. The van der Waals surface area contributed by atoms with E-state index in [0.717, 1.165) is 17.7 Å². The van der Waals surface area contributed by atoms with Crippen molar-refractivity contribution in [2.45, 2.75) is 32.7 Å². The molecule has 0 radical (unpaired) electrons. The molecule has 3 heteroatoms. The lowest BCUT2D eigenvalue weighted by Gasteiger charge is -2.23. The van der Waals surface area contributed by atoms with E-state index in [4.69, 9.17) is 4.74 Å². The molecule has 0 saturated carbocycles. The second-order valence-corrected chi connectivity index (χ2v) is 4.29. The van der Waals surface area contributed by atoms with Crippen molar-refractivity contribution in [3.63, 3.8) is 0 Å². The molecule has 0 aromatic heterocycles. The second kappa shape index (κ2) is 6.28. The summed E-state index contributed by atoms with van der Waals surface area (Å²) in [4.78, 5) is 13.8. The van der Waals surface area contributed by atoms with Crippen molar-refractivity contribution in [1.82, 2.24) is 4.90 Å². The third-order valence-electron chi connectivity index (χ3n) is 3.16. The van der Waals surface area contributed by atoms with Crippen LogP contribution in [0.4, 0.5) is 0 Å². The third kappa shape index (κ3) is 3.77. The van der Waals surface area contributed by atoms with Crippen molar-refractivity contribution >= 4 is 5.91 Å². The quantitative estimate of drug-likeness (QED) is 0.784. The fourth-order valence-corrected chi connectivity index (χ4v) is 1.56. The van der Waals surface area contributed by atoms with Crippen LogP contribution in [0.2, 0.25) is 0 Å². The highest BCUT2D eigenvalue weighted by atomic mass is 16.5. The Balaban J connectivity index is 2.61. The van der Waals surface area contributed by atoms with Crippen LogP contribution in [0.3, 0.4) is 0 Å². The van der Waals surface area contributed by atoms with Crippen LogP contribution in [0.1, 0.15) is 25.8 Å². The normalized spacial score (nSPS) is 12.0. The Bertz CT molecular complexity index is 359. The molecular formula is C14H21NO2. The lowest BCUT2D eigenvalue weighted by atomic mass is 10.1. The number of ether oxygens (including phenoxy) is 1. The van der Waals surface area contributed by atoms with E-state index in [1.165, 1.54) is 0 Å². The van der Waals surface area contributed by atoms with Crippen molar-refractivity contribution in [3.8, 4) is 5.75 Å². The zero-order valence-corrected chi connectivity index (χ0v) is 11.1. The molecule has 1 aromatic carbocycles. The molecule has 0 fully saturated rings. The molecule has 17 heavy (non-hydrogen) atoms. The predicted octanol–water partition coefficient (Wildman–Crippen LogP) is 2.49. The van der Waals surface area contributed by atoms with Gasteiger partial charge in [0.05, 0.1) is 13.5 Å². The minimum absolute atomic E-state index is 0.157. The highest BCUT2D eigenvalue weighted by molar-refractivity contribution is 5.78. The number of methoxy groups -OCH3 is 1. The van der Waals surface area contributed by atoms with E-state index in [1.807, 2.05) is 36.2 Å². The van der Waals surface area contributed by atoms with Crippen LogP contribution in [0.25, 0.3) is 0 Å². The summed E-state index contributed by atoms with van der Waals surface area (Å²) in [5.74, 6) is 0.973. The van der Waals surface area contributed by atoms with E-state index in [2.05, 4.69) is 13.8 Å². The Kier molecular flexibility index (Phi) is 5.01. The fraction of sp³-hybridized carbons (Fsp3) is 0.500. The van der Waals surface area contributed by atoms with Gasteiger partial charge in [0.1, 0.15) is 5.75 Å². The molecule has 0 spiro atoms. The average Bonchev–Trinajstić information content (AvgIpc) is 2.37. The number of carbonyl (C=O) groups excluding carboxylic acids is 1. The van der Waals surface area contributed by atoms with E-state index in [0.29, 0.717) is 12.5 Å². The van der Waals surface area contributed by atoms with Crippen LogP contribution in [0, 0.1) is 0 Å². The Hall–Kier alpha value is -1.51. The van der Waals surface area contributed by atoms with Crippen molar-refractivity contribution in [1.29, 1.82) is 0 Å². The van der Waals surface area contributed by atoms with Crippen molar-refractivity contribution in [3.05, 3.63) is 29.8 Å². The summed E-state index contributed by atoms with van der Waals surface area (Å²) >= 11 is 0. The molecule has 0 heterocycles. The van der Waals surface area contributed by atoms with E-state index in [1.54, 1.807) is 7.11 Å². The third-order valence-corrected chi connectivity index (χ3v) is 3.16. The van der Waals surface area contributed by atoms with Gasteiger partial charge in [-0.1, -0.05) is 19.1 Å². The van der Waals surface area contributed by atoms with Gasteiger partial charge in [-0.3, -0.25) is 4.79 Å². The molecule has 0 aliphatic heterocycles. The zero-order chi connectivity index (χ0) is 12.8. The van der Waals surface area contributed by atoms with Crippen LogP contribution >= 0.6 is 0 Å². The van der Waals surface area contributed by atoms with Crippen LogP contribution < -0.4 is 4.74 Å². The number of hydrogen-bond donors (Lipinski definition) is 0. The molecule has 0 bridgehead atoms. The fourth-order valence-electron chi connectivity index (χ4n) is 1.56. The molecule has 1 atom stereocenters. The van der Waals surface area contributed by atoms with E-state index in [-0.39, 0.29) is 5.91 Å². The molecule has 1 aromatic rings. The van der Waals surface area contributed by atoms with E-state index >= 15 is 0 Å². The van der Waals surface area contributed by atoms with E-state index in [9.17, 15) is 4.79 Å². The second-order valence-electron chi connectivity index (χ2n) is 4.29. The van der Waals surface area contributed by atoms with Crippen LogP contribution in [0.15, 0.2) is 24.3 Å². The number of rotatable bonds is 5. The summed E-state index contributed by atoms with van der Waals surface area (Å²) < 4.78 is 5.08. The Labute approximate surface area is 103 Å². The smallest absolute Gasteiger partial charge is 0.226 e. The first-order valence-electron chi connectivity index (χ1n) is 5.97. The predicted molar refractivity (Wildman–Crippen MR) is 69.2 cm³/mol. The van der Waals surface area contributed by atoms with Gasteiger partial charge in [0.2, 0.25) is 5.91 Å². The van der Waals surface area contributed by atoms with Crippen LogP contribution in [-0.4, -0.2) is 31.0 Å². The van der Waals surface area contributed by atoms with E-state index < -0.39 is 0 Å². The minimum Gasteiger partial charge on any atom is -0.497 e. The summed E-state index contributed by atoms with van der Waals surface area (Å²) in [6.45, 7) is 4.15. The van der Waals surface area contributed by atoms with Gasteiger partial charge in [0, 0.05) is 13.1 Å². The molecule has 1 unspecified atom stereocenters. The Morgan fingerprint density at radius 2 is 1.94 bits per heavy atom. The molecule has 0 saturated heterocycles. The van der Waals surface area contributed by atoms with Gasteiger partial charge in [0.15, 0.2) is 0 Å². The maximum atomic E-state index is 12.0.